The molecule has 2 rings (SSSR count). The van der Waals surface area contributed by atoms with Gasteiger partial charge in [-0.1, -0.05) is 18.2 Å². The molecular weight excluding hydrogens is 309 g/mol. The number of benzene rings is 2. The monoisotopic (exact) mass is 323 g/mol. The van der Waals surface area contributed by atoms with E-state index in [0.29, 0.717) is 11.0 Å². The minimum atomic E-state index is -0.243. The molecule has 0 spiro atoms. The topological polar surface area (TPSA) is 32.3 Å². The van der Waals surface area contributed by atoms with Gasteiger partial charge in [0.2, 0.25) is 0 Å². The van der Waals surface area contributed by atoms with Gasteiger partial charge >= 0.3 is 0 Å². The summed E-state index contributed by atoms with van der Waals surface area (Å²) in [6, 6.07) is 12.2. The van der Waals surface area contributed by atoms with Gasteiger partial charge in [-0.25, -0.2) is 4.39 Å². The Hall–Kier alpha value is -1.39. The summed E-state index contributed by atoms with van der Waals surface area (Å²) in [6.45, 7) is 1.54. The van der Waals surface area contributed by atoms with Crippen LogP contribution in [0.15, 0.2) is 46.9 Å². The van der Waals surface area contributed by atoms with Gasteiger partial charge in [0.15, 0.2) is 0 Å². The maximum atomic E-state index is 13.1. The Morgan fingerprint density at radius 2 is 1.74 bits per heavy atom. The first-order valence-corrected chi connectivity index (χ1v) is 6.87. The van der Waals surface area contributed by atoms with Gasteiger partial charge in [-0.15, -0.1) is 0 Å². The van der Waals surface area contributed by atoms with E-state index in [4.69, 9.17) is 0 Å². The Bertz CT molecular complexity index is 542. The van der Waals surface area contributed by atoms with Crippen LogP contribution in [0.3, 0.4) is 0 Å². The summed E-state index contributed by atoms with van der Waals surface area (Å²) in [5.74, 6) is 0.0423. The van der Waals surface area contributed by atoms with E-state index in [2.05, 4.69) is 21.2 Å². The summed E-state index contributed by atoms with van der Waals surface area (Å²) in [7, 11) is 0. The van der Waals surface area contributed by atoms with Crippen molar-refractivity contribution in [2.75, 3.05) is 6.54 Å². The third-order valence-corrected chi connectivity index (χ3v) is 3.45. The average Bonchev–Trinajstić information content (AvgIpc) is 2.41. The van der Waals surface area contributed by atoms with Gasteiger partial charge in [0.05, 0.1) is 4.47 Å². The van der Waals surface area contributed by atoms with Gasteiger partial charge in [-0.05, 0) is 64.3 Å². The van der Waals surface area contributed by atoms with Crippen LogP contribution in [-0.4, -0.2) is 11.7 Å². The van der Waals surface area contributed by atoms with E-state index in [0.717, 1.165) is 18.5 Å². The minimum Gasteiger partial charge on any atom is -0.508 e. The van der Waals surface area contributed by atoms with Crippen LogP contribution in [0.5, 0.6) is 5.75 Å². The number of halogens is 2. The number of phenols is 1. The zero-order valence-corrected chi connectivity index (χ0v) is 12.0. The summed E-state index contributed by atoms with van der Waals surface area (Å²) in [4.78, 5) is 0. The predicted molar refractivity (Wildman–Crippen MR) is 77.6 cm³/mol. The summed E-state index contributed by atoms with van der Waals surface area (Å²) in [5, 5.41) is 12.5. The zero-order valence-electron chi connectivity index (χ0n) is 10.4. The molecule has 0 aromatic heterocycles. The molecule has 0 fully saturated rings. The molecule has 0 aliphatic heterocycles. The first kappa shape index (κ1) is 14.0. The van der Waals surface area contributed by atoms with Gasteiger partial charge < -0.3 is 10.4 Å². The molecule has 19 heavy (non-hydrogen) atoms. The highest BCUT2D eigenvalue weighted by molar-refractivity contribution is 9.10. The van der Waals surface area contributed by atoms with Crippen LogP contribution in [-0.2, 0) is 13.0 Å². The highest BCUT2D eigenvalue weighted by atomic mass is 79.9. The molecular formula is C15H15BrFNO. The Kier molecular flexibility index (Phi) is 4.93. The molecule has 100 valence electrons. The molecule has 0 radical (unpaired) electrons. The van der Waals surface area contributed by atoms with Gasteiger partial charge in [-0.3, -0.25) is 0 Å². The van der Waals surface area contributed by atoms with Crippen LogP contribution in [0.1, 0.15) is 11.1 Å². The highest BCUT2D eigenvalue weighted by Crippen LogP contribution is 2.16. The number of hydrogen-bond donors (Lipinski definition) is 2. The maximum Gasteiger partial charge on any atom is 0.137 e. The normalized spacial score (nSPS) is 10.6. The Morgan fingerprint density at radius 1 is 1.05 bits per heavy atom. The fraction of sp³-hybridized carbons (Fsp3) is 0.200. The lowest BCUT2D eigenvalue weighted by atomic mass is 10.1. The van der Waals surface area contributed by atoms with Gasteiger partial charge in [0.1, 0.15) is 11.6 Å². The van der Waals surface area contributed by atoms with Gasteiger partial charge in [-0.2, -0.15) is 0 Å². The van der Waals surface area contributed by atoms with Crippen molar-refractivity contribution in [3.05, 3.63) is 63.9 Å². The van der Waals surface area contributed by atoms with E-state index in [-0.39, 0.29) is 11.6 Å². The molecule has 2 nitrogen and oxygen atoms in total. The minimum absolute atomic E-state index is 0.243. The van der Waals surface area contributed by atoms with Crippen molar-refractivity contribution in [3.8, 4) is 5.75 Å². The lowest BCUT2D eigenvalue weighted by Gasteiger charge is -2.06. The fourth-order valence-corrected chi connectivity index (χ4v) is 2.20. The van der Waals surface area contributed by atoms with Crippen LogP contribution in [0, 0.1) is 5.82 Å². The van der Waals surface area contributed by atoms with Crippen molar-refractivity contribution in [1.82, 2.24) is 5.32 Å². The van der Waals surface area contributed by atoms with Crippen molar-refractivity contribution in [1.29, 1.82) is 0 Å². The Morgan fingerprint density at radius 3 is 2.42 bits per heavy atom. The van der Waals surface area contributed by atoms with Crippen molar-refractivity contribution in [3.63, 3.8) is 0 Å². The largest absolute Gasteiger partial charge is 0.508 e. The van der Waals surface area contributed by atoms with Crippen LogP contribution >= 0.6 is 15.9 Å². The van der Waals surface area contributed by atoms with Gasteiger partial charge in [0, 0.05) is 6.54 Å². The standard InChI is InChI=1S/C15H15BrFNO/c16-14-9-12(3-6-15(14)17)10-18-8-7-11-1-4-13(19)5-2-11/h1-6,9,18-19H,7-8,10H2. The summed E-state index contributed by atoms with van der Waals surface area (Å²) < 4.78 is 13.5. The molecule has 2 N–H and O–H groups in total. The zero-order chi connectivity index (χ0) is 13.7. The van der Waals surface area contributed by atoms with Crippen LogP contribution in [0.25, 0.3) is 0 Å². The molecule has 0 saturated carbocycles. The fourth-order valence-electron chi connectivity index (χ4n) is 1.78. The molecule has 2 aromatic rings. The lowest BCUT2D eigenvalue weighted by Crippen LogP contribution is -2.16. The number of nitrogens with one attached hydrogen (secondary N) is 1. The molecule has 4 heteroatoms. The van der Waals surface area contributed by atoms with E-state index >= 15 is 0 Å². The molecule has 0 atom stereocenters. The number of phenolic OH excluding ortho intramolecular Hbond substituents is 1. The number of aromatic hydroxyl groups is 1. The Balaban J connectivity index is 1.77. The van der Waals surface area contributed by atoms with E-state index in [9.17, 15) is 9.50 Å². The van der Waals surface area contributed by atoms with Crippen LogP contribution in [0.2, 0.25) is 0 Å². The molecule has 0 amide bonds. The third kappa shape index (κ3) is 4.33. The highest BCUT2D eigenvalue weighted by Gasteiger charge is 2.00. The quantitative estimate of drug-likeness (QED) is 0.823. The summed E-state index contributed by atoms with van der Waals surface area (Å²) >= 11 is 3.17. The SMILES string of the molecule is Oc1ccc(CCNCc2ccc(F)c(Br)c2)cc1. The van der Waals surface area contributed by atoms with Crippen molar-refractivity contribution in [2.24, 2.45) is 0 Å². The first-order chi connectivity index (χ1) is 9.15. The second kappa shape index (κ2) is 6.68. The lowest BCUT2D eigenvalue weighted by molar-refractivity contribution is 0.475. The average molecular weight is 324 g/mol. The number of rotatable bonds is 5. The van der Waals surface area contributed by atoms with Crippen molar-refractivity contribution in [2.45, 2.75) is 13.0 Å². The molecule has 0 saturated heterocycles. The summed E-state index contributed by atoms with van der Waals surface area (Å²) in [5.41, 5.74) is 2.21. The van der Waals surface area contributed by atoms with Gasteiger partial charge in [0.25, 0.3) is 0 Å². The van der Waals surface area contributed by atoms with Crippen molar-refractivity contribution < 1.29 is 9.50 Å². The van der Waals surface area contributed by atoms with Crippen molar-refractivity contribution >= 4 is 15.9 Å². The molecule has 0 aliphatic carbocycles. The Labute approximate surface area is 120 Å². The summed E-state index contributed by atoms with van der Waals surface area (Å²) in [6.07, 6.45) is 0.892. The smallest absolute Gasteiger partial charge is 0.137 e. The molecule has 0 aliphatic rings. The second-order valence-corrected chi connectivity index (χ2v) is 5.20. The van der Waals surface area contributed by atoms with Crippen LogP contribution in [0.4, 0.5) is 4.39 Å². The molecule has 0 unspecified atom stereocenters. The maximum absolute atomic E-state index is 13.1. The molecule has 2 aromatic carbocycles. The molecule has 0 heterocycles. The predicted octanol–water partition coefficient (Wildman–Crippen LogP) is 3.63. The second-order valence-electron chi connectivity index (χ2n) is 4.34. The van der Waals surface area contributed by atoms with E-state index < -0.39 is 0 Å². The number of hydrogen-bond acceptors (Lipinski definition) is 2. The van der Waals surface area contributed by atoms with E-state index in [1.807, 2.05) is 12.1 Å². The third-order valence-electron chi connectivity index (χ3n) is 2.84. The van der Waals surface area contributed by atoms with E-state index in [1.165, 1.54) is 11.6 Å². The van der Waals surface area contributed by atoms with Crippen LogP contribution < -0.4 is 5.32 Å². The van der Waals surface area contributed by atoms with E-state index in [1.54, 1.807) is 24.3 Å². The molecule has 0 bridgehead atoms. The first-order valence-electron chi connectivity index (χ1n) is 6.08.